The Bertz CT molecular complexity index is 919. The Morgan fingerprint density at radius 3 is 2.96 bits per heavy atom. The van der Waals surface area contributed by atoms with Gasteiger partial charge in [-0.2, -0.15) is 4.39 Å². The molecule has 9 nitrogen and oxygen atoms in total. The fourth-order valence-electron chi connectivity index (χ4n) is 2.88. The van der Waals surface area contributed by atoms with Crippen LogP contribution in [-0.4, -0.2) is 33.5 Å². The Balaban J connectivity index is 1.67. The van der Waals surface area contributed by atoms with Gasteiger partial charge in [-0.3, -0.25) is 19.7 Å². The van der Waals surface area contributed by atoms with Crippen molar-refractivity contribution in [1.29, 1.82) is 0 Å². The number of nitro benzene ring substituents is 1. The Hall–Kier alpha value is -2.95. The maximum atomic E-state index is 13.5. The maximum Gasteiger partial charge on any atom is 0.306 e. The van der Waals surface area contributed by atoms with Gasteiger partial charge in [0, 0.05) is 25.5 Å². The molecule has 1 aromatic heterocycles. The molecule has 0 aliphatic carbocycles. The van der Waals surface area contributed by atoms with E-state index < -0.39 is 22.3 Å². The summed E-state index contributed by atoms with van der Waals surface area (Å²) in [5.74, 6) is -2.35. The third kappa shape index (κ3) is 4.30. The summed E-state index contributed by atoms with van der Waals surface area (Å²) in [7, 11) is 0. The lowest BCUT2D eigenvalue weighted by Gasteiger charge is -2.16. The van der Waals surface area contributed by atoms with Gasteiger partial charge < -0.3 is 10.2 Å². The van der Waals surface area contributed by atoms with Crippen LogP contribution in [0.4, 0.5) is 20.9 Å². The van der Waals surface area contributed by atoms with Crippen LogP contribution in [0.15, 0.2) is 18.2 Å². The second-order valence-electron chi connectivity index (χ2n) is 6.39. The van der Waals surface area contributed by atoms with Crippen molar-refractivity contribution < 1.29 is 18.9 Å². The van der Waals surface area contributed by atoms with Crippen LogP contribution in [0.25, 0.3) is 0 Å². The van der Waals surface area contributed by atoms with Gasteiger partial charge >= 0.3 is 5.69 Å². The molecule has 1 aromatic carbocycles. The van der Waals surface area contributed by atoms with Crippen molar-refractivity contribution in [2.45, 2.75) is 32.6 Å². The molecule has 0 bridgehead atoms. The second-order valence-corrected chi connectivity index (χ2v) is 7.45. The zero-order valence-corrected chi connectivity index (χ0v) is 15.9. The highest BCUT2D eigenvalue weighted by molar-refractivity contribution is 7.15. The summed E-state index contributed by atoms with van der Waals surface area (Å²) in [6.45, 7) is 2.12. The average molecular weight is 407 g/mol. The number of hydrogen-bond donors (Lipinski definition) is 1. The van der Waals surface area contributed by atoms with Gasteiger partial charge in [0.25, 0.3) is 0 Å². The molecule has 0 spiro atoms. The summed E-state index contributed by atoms with van der Waals surface area (Å²) in [4.78, 5) is 36.1. The molecule has 2 aromatic rings. The molecule has 2 amide bonds. The highest BCUT2D eigenvalue weighted by atomic mass is 32.1. The number of hydrogen-bond acceptors (Lipinski definition) is 7. The number of nitro groups is 1. The minimum atomic E-state index is -0.982. The first-order chi connectivity index (χ1) is 13.4. The number of nitrogens with zero attached hydrogens (tertiary/aromatic N) is 4. The molecule has 2 heterocycles. The number of anilines is 2. The van der Waals surface area contributed by atoms with E-state index in [4.69, 9.17) is 0 Å². The van der Waals surface area contributed by atoms with Gasteiger partial charge in [0.2, 0.25) is 22.8 Å². The van der Waals surface area contributed by atoms with Crippen LogP contribution in [0.1, 0.15) is 31.2 Å². The van der Waals surface area contributed by atoms with Crippen molar-refractivity contribution in [2.24, 2.45) is 5.92 Å². The van der Waals surface area contributed by atoms with Crippen molar-refractivity contribution in [1.82, 2.24) is 10.2 Å². The van der Waals surface area contributed by atoms with E-state index in [1.165, 1.54) is 22.3 Å². The number of amides is 2. The fraction of sp³-hybridized carbons (Fsp3) is 0.412. The zero-order valence-electron chi connectivity index (χ0n) is 15.1. The maximum absolute atomic E-state index is 13.5. The number of unbranched alkanes of at least 4 members (excludes halogenated alkanes) is 1. The number of benzene rings is 1. The molecule has 0 radical (unpaired) electrons. The van der Waals surface area contributed by atoms with E-state index in [-0.39, 0.29) is 30.5 Å². The number of aryl methyl sites for hydroxylation is 1. The molecular weight excluding hydrogens is 389 g/mol. The summed E-state index contributed by atoms with van der Waals surface area (Å²) >= 11 is 1.30. The predicted octanol–water partition coefficient (Wildman–Crippen LogP) is 2.92. The number of aromatic nitrogens is 2. The third-order valence-corrected chi connectivity index (χ3v) is 5.27. The average Bonchev–Trinajstić information content (AvgIpc) is 3.26. The zero-order chi connectivity index (χ0) is 20.3. The topological polar surface area (TPSA) is 118 Å². The smallest absolute Gasteiger partial charge is 0.306 e. The summed E-state index contributed by atoms with van der Waals surface area (Å²) in [6, 6.07) is 3.22. The van der Waals surface area contributed by atoms with Crippen molar-refractivity contribution in [3.05, 3.63) is 39.1 Å². The molecule has 1 N–H and O–H groups in total. The first kappa shape index (κ1) is 19.8. The fourth-order valence-corrected chi connectivity index (χ4v) is 3.67. The summed E-state index contributed by atoms with van der Waals surface area (Å²) in [6.07, 6.45) is 2.77. The normalized spacial score (nSPS) is 16.4. The Kier molecular flexibility index (Phi) is 5.93. The van der Waals surface area contributed by atoms with E-state index in [0.29, 0.717) is 5.13 Å². The lowest BCUT2D eigenvalue weighted by Crippen LogP contribution is -2.28. The first-order valence-corrected chi connectivity index (χ1v) is 9.58. The Morgan fingerprint density at radius 1 is 1.46 bits per heavy atom. The van der Waals surface area contributed by atoms with Gasteiger partial charge in [-0.05, 0) is 18.6 Å². The van der Waals surface area contributed by atoms with Crippen molar-refractivity contribution in [3.8, 4) is 0 Å². The molecule has 1 aliphatic heterocycles. The molecule has 28 heavy (non-hydrogen) atoms. The van der Waals surface area contributed by atoms with E-state index in [1.54, 1.807) is 0 Å². The number of carbonyl (C=O) groups is 2. The van der Waals surface area contributed by atoms with Crippen LogP contribution >= 0.6 is 11.3 Å². The van der Waals surface area contributed by atoms with Gasteiger partial charge in [0.05, 0.1) is 16.5 Å². The number of carbonyl (C=O) groups excluding carboxylic acids is 2. The molecule has 148 valence electrons. The highest BCUT2D eigenvalue weighted by Crippen LogP contribution is 2.30. The van der Waals surface area contributed by atoms with Gasteiger partial charge in [-0.25, -0.2) is 0 Å². The number of halogens is 1. The molecule has 1 unspecified atom stereocenters. The van der Waals surface area contributed by atoms with Crippen LogP contribution < -0.4 is 10.2 Å². The lowest BCUT2D eigenvalue weighted by atomic mass is 10.1. The molecule has 11 heteroatoms. The standard InChI is InChI=1S/C17H18FN5O4S/c1-2-3-4-14-20-21-17(28-14)19-16(25)10-7-15(24)22(9-10)11-5-6-12(18)13(8-11)23(26)27/h5-6,8,10H,2-4,7,9H2,1H3,(H,19,21,25). The number of rotatable bonds is 7. The summed E-state index contributed by atoms with van der Waals surface area (Å²) in [5, 5.41) is 22.7. The Labute approximate surface area is 163 Å². The summed E-state index contributed by atoms with van der Waals surface area (Å²) in [5.41, 5.74) is -0.530. The van der Waals surface area contributed by atoms with Crippen LogP contribution in [0.3, 0.4) is 0 Å². The van der Waals surface area contributed by atoms with E-state index >= 15 is 0 Å². The van der Waals surface area contributed by atoms with E-state index in [0.717, 1.165) is 36.4 Å². The van der Waals surface area contributed by atoms with Crippen molar-refractivity contribution in [2.75, 3.05) is 16.8 Å². The molecule has 1 saturated heterocycles. The SMILES string of the molecule is CCCCc1nnc(NC(=O)C2CC(=O)N(c3ccc(F)c([N+](=O)[O-])c3)C2)s1. The van der Waals surface area contributed by atoms with Crippen LogP contribution in [0.5, 0.6) is 0 Å². The molecule has 1 fully saturated rings. The van der Waals surface area contributed by atoms with E-state index in [9.17, 15) is 24.1 Å². The first-order valence-electron chi connectivity index (χ1n) is 8.76. The molecule has 3 rings (SSSR count). The van der Waals surface area contributed by atoms with Crippen LogP contribution in [0, 0.1) is 21.8 Å². The number of nitrogens with one attached hydrogen (secondary N) is 1. The summed E-state index contributed by atoms with van der Waals surface area (Å²) < 4.78 is 13.5. The minimum Gasteiger partial charge on any atom is -0.311 e. The molecular formula is C17H18FN5O4S. The Morgan fingerprint density at radius 2 is 2.25 bits per heavy atom. The van der Waals surface area contributed by atoms with Crippen molar-refractivity contribution >= 4 is 39.7 Å². The lowest BCUT2D eigenvalue weighted by molar-refractivity contribution is -0.387. The molecule has 1 aliphatic rings. The van der Waals surface area contributed by atoms with Crippen LogP contribution in [-0.2, 0) is 16.0 Å². The molecule has 0 saturated carbocycles. The molecule has 1 atom stereocenters. The van der Waals surface area contributed by atoms with E-state index in [1.807, 2.05) is 0 Å². The van der Waals surface area contributed by atoms with Gasteiger partial charge in [0.15, 0.2) is 0 Å². The largest absolute Gasteiger partial charge is 0.311 e. The van der Waals surface area contributed by atoms with Gasteiger partial charge in [-0.15, -0.1) is 10.2 Å². The van der Waals surface area contributed by atoms with Gasteiger partial charge in [-0.1, -0.05) is 24.7 Å². The van der Waals surface area contributed by atoms with Crippen molar-refractivity contribution in [3.63, 3.8) is 0 Å². The second kappa shape index (κ2) is 8.38. The third-order valence-electron chi connectivity index (χ3n) is 4.38. The highest BCUT2D eigenvalue weighted by Gasteiger charge is 2.36. The minimum absolute atomic E-state index is 0.0432. The quantitative estimate of drug-likeness (QED) is 0.557. The van der Waals surface area contributed by atoms with Gasteiger partial charge in [0.1, 0.15) is 5.01 Å². The van der Waals surface area contributed by atoms with Crippen LogP contribution in [0.2, 0.25) is 0 Å². The monoisotopic (exact) mass is 407 g/mol. The van der Waals surface area contributed by atoms with E-state index in [2.05, 4.69) is 22.4 Å². The predicted molar refractivity (Wildman–Crippen MR) is 101 cm³/mol.